The standard InChI is InChI=1S/C14H26O5/c1-9(2)12-5-4-10(3)6-13(12)19-14(17)18-8-11(16)7-15/h9-13,15-16H,4-8H2,1-3H3/t10-,11?,12+,13-/m0/s1. The molecule has 1 fully saturated rings. The SMILES string of the molecule is CC(C)[C@H]1CC[C@H](C)C[C@@H]1OC(=O)OCC(O)CO. The molecule has 5 heteroatoms. The number of rotatable bonds is 5. The second kappa shape index (κ2) is 7.70. The topological polar surface area (TPSA) is 76.0 Å². The fourth-order valence-corrected chi connectivity index (χ4v) is 2.62. The molecular weight excluding hydrogens is 248 g/mol. The predicted molar refractivity (Wildman–Crippen MR) is 70.7 cm³/mol. The molecule has 2 N–H and O–H groups in total. The van der Waals surface area contributed by atoms with Gasteiger partial charge in [-0.2, -0.15) is 0 Å². The van der Waals surface area contributed by atoms with E-state index in [2.05, 4.69) is 20.8 Å². The zero-order valence-corrected chi connectivity index (χ0v) is 12.0. The summed E-state index contributed by atoms with van der Waals surface area (Å²) in [5.41, 5.74) is 0. The zero-order chi connectivity index (χ0) is 14.4. The van der Waals surface area contributed by atoms with E-state index in [0.29, 0.717) is 17.8 Å². The van der Waals surface area contributed by atoms with Gasteiger partial charge in [-0.1, -0.05) is 27.2 Å². The summed E-state index contributed by atoms with van der Waals surface area (Å²) < 4.78 is 10.2. The lowest BCUT2D eigenvalue weighted by molar-refractivity contribution is -0.0475. The molecule has 1 aliphatic rings. The molecule has 0 amide bonds. The molecule has 5 nitrogen and oxygen atoms in total. The number of aliphatic hydroxyl groups is 2. The Balaban J connectivity index is 2.44. The summed E-state index contributed by atoms with van der Waals surface area (Å²) in [7, 11) is 0. The molecular formula is C14H26O5. The number of ether oxygens (including phenoxy) is 2. The zero-order valence-electron chi connectivity index (χ0n) is 12.0. The Bertz CT molecular complexity index is 279. The Morgan fingerprint density at radius 1 is 1.37 bits per heavy atom. The highest BCUT2D eigenvalue weighted by atomic mass is 16.7. The van der Waals surface area contributed by atoms with Gasteiger partial charge in [0.05, 0.1) is 6.61 Å². The average Bonchev–Trinajstić information content (AvgIpc) is 2.35. The normalized spacial score (nSPS) is 29.1. The minimum Gasteiger partial charge on any atom is -0.431 e. The van der Waals surface area contributed by atoms with E-state index in [1.165, 1.54) is 6.42 Å². The molecule has 0 saturated heterocycles. The van der Waals surface area contributed by atoms with Crippen molar-refractivity contribution in [1.82, 2.24) is 0 Å². The lowest BCUT2D eigenvalue weighted by atomic mass is 9.75. The number of hydrogen-bond donors (Lipinski definition) is 2. The Labute approximate surface area is 114 Å². The molecule has 0 heterocycles. The lowest BCUT2D eigenvalue weighted by Crippen LogP contribution is -2.36. The van der Waals surface area contributed by atoms with E-state index in [4.69, 9.17) is 19.7 Å². The number of carbonyl (C=O) groups is 1. The third kappa shape index (κ3) is 5.37. The predicted octanol–water partition coefficient (Wildman–Crippen LogP) is 1.95. The molecule has 0 aromatic heterocycles. The first-order chi connectivity index (χ1) is 8.93. The highest BCUT2D eigenvalue weighted by molar-refractivity contribution is 5.60. The van der Waals surface area contributed by atoms with Crippen LogP contribution in [0.4, 0.5) is 4.79 Å². The molecule has 112 valence electrons. The summed E-state index contributed by atoms with van der Waals surface area (Å²) in [4.78, 5) is 11.6. The van der Waals surface area contributed by atoms with E-state index >= 15 is 0 Å². The quantitative estimate of drug-likeness (QED) is 0.749. The van der Waals surface area contributed by atoms with Gasteiger partial charge in [0, 0.05) is 0 Å². The van der Waals surface area contributed by atoms with Gasteiger partial charge in [0.15, 0.2) is 0 Å². The van der Waals surface area contributed by atoms with Crippen molar-refractivity contribution in [1.29, 1.82) is 0 Å². The van der Waals surface area contributed by atoms with Crippen LogP contribution in [-0.4, -0.2) is 41.8 Å². The van der Waals surface area contributed by atoms with E-state index in [-0.39, 0.29) is 12.7 Å². The van der Waals surface area contributed by atoms with Gasteiger partial charge in [-0.25, -0.2) is 4.79 Å². The summed E-state index contributed by atoms with van der Waals surface area (Å²) in [6, 6.07) is 0. The first kappa shape index (κ1) is 16.2. The van der Waals surface area contributed by atoms with Gasteiger partial charge in [-0.05, 0) is 30.6 Å². The van der Waals surface area contributed by atoms with E-state index in [9.17, 15) is 4.79 Å². The molecule has 0 bridgehead atoms. The average molecular weight is 274 g/mol. The summed E-state index contributed by atoms with van der Waals surface area (Å²) >= 11 is 0. The molecule has 1 saturated carbocycles. The van der Waals surface area contributed by atoms with Gasteiger partial charge in [0.1, 0.15) is 18.8 Å². The maximum Gasteiger partial charge on any atom is 0.508 e. The molecule has 0 spiro atoms. The van der Waals surface area contributed by atoms with Crippen LogP contribution >= 0.6 is 0 Å². The van der Waals surface area contributed by atoms with Gasteiger partial charge < -0.3 is 19.7 Å². The van der Waals surface area contributed by atoms with Gasteiger partial charge >= 0.3 is 6.16 Å². The molecule has 1 aliphatic carbocycles. The van der Waals surface area contributed by atoms with Crippen molar-refractivity contribution >= 4 is 6.16 Å². The molecule has 4 atom stereocenters. The molecule has 1 rings (SSSR count). The molecule has 19 heavy (non-hydrogen) atoms. The fourth-order valence-electron chi connectivity index (χ4n) is 2.62. The van der Waals surface area contributed by atoms with Crippen molar-refractivity contribution in [3.05, 3.63) is 0 Å². The highest BCUT2D eigenvalue weighted by Crippen LogP contribution is 2.35. The van der Waals surface area contributed by atoms with Crippen molar-refractivity contribution in [2.24, 2.45) is 17.8 Å². The van der Waals surface area contributed by atoms with Crippen LogP contribution in [0.1, 0.15) is 40.0 Å². The van der Waals surface area contributed by atoms with E-state index in [1.807, 2.05) is 0 Å². The lowest BCUT2D eigenvalue weighted by Gasteiger charge is -2.36. The van der Waals surface area contributed by atoms with Crippen molar-refractivity contribution in [2.45, 2.75) is 52.2 Å². The number of aliphatic hydroxyl groups excluding tert-OH is 2. The Hall–Kier alpha value is -0.810. The summed E-state index contributed by atoms with van der Waals surface area (Å²) in [5.74, 6) is 1.38. The van der Waals surface area contributed by atoms with Crippen LogP contribution in [0, 0.1) is 17.8 Å². The molecule has 0 aromatic rings. The van der Waals surface area contributed by atoms with Gasteiger partial charge in [-0.15, -0.1) is 0 Å². The number of hydrogen-bond acceptors (Lipinski definition) is 5. The molecule has 1 unspecified atom stereocenters. The van der Waals surface area contributed by atoms with Crippen molar-refractivity contribution in [3.8, 4) is 0 Å². The van der Waals surface area contributed by atoms with E-state index < -0.39 is 18.9 Å². The maximum absolute atomic E-state index is 11.6. The van der Waals surface area contributed by atoms with Crippen LogP contribution in [0.25, 0.3) is 0 Å². The van der Waals surface area contributed by atoms with Crippen LogP contribution in [0.15, 0.2) is 0 Å². The molecule has 0 aliphatic heterocycles. The largest absolute Gasteiger partial charge is 0.508 e. The summed E-state index contributed by atoms with van der Waals surface area (Å²) in [6.45, 7) is 5.77. The Morgan fingerprint density at radius 2 is 2.05 bits per heavy atom. The number of carbonyl (C=O) groups excluding carboxylic acids is 1. The van der Waals surface area contributed by atoms with Crippen LogP contribution < -0.4 is 0 Å². The Morgan fingerprint density at radius 3 is 2.63 bits per heavy atom. The van der Waals surface area contributed by atoms with Crippen LogP contribution in [-0.2, 0) is 9.47 Å². The third-order valence-corrected chi connectivity index (χ3v) is 3.81. The van der Waals surface area contributed by atoms with E-state index in [0.717, 1.165) is 12.8 Å². The van der Waals surface area contributed by atoms with Crippen molar-refractivity contribution in [3.63, 3.8) is 0 Å². The monoisotopic (exact) mass is 274 g/mol. The minimum absolute atomic E-state index is 0.109. The minimum atomic E-state index is -1.04. The Kier molecular flexibility index (Phi) is 6.58. The first-order valence-corrected chi connectivity index (χ1v) is 7.06. The van der Waals surface area contributed by atoms with E-state index in [1.54, 1.807) is 0 Å². The fraction of sp³-hybridized carbons (Fsp3) is 0.929. The van der Waals surface area contributed by atoms with Crippen LogP contribution in [0.2, 0.25) is 0 Å². The van der Waals surface area contributed by atoms with Gasteiger partial charge in [-0.3, -0.25) is 0 Å². The summed E-state index contributed by atoms with van der Waals surface area (Å²) in [5, 5.41) is 17.7. The third-order valence-electron chi connectivity index (χ3n) is 3.81. The van der Waals surface area contributed by atoms with Gasteiger partial charge in [0.2, 0.25) is 0 Å². The van der Waals surface area contributed by atoms with Gasteiger partial charge in [0.25, 0.3) is 0 Å². The van der Waals surface area contributed by atoms with Crippen molar-refractivity contribution in [2.75, 3.05) is 13.2 Å². The second-order valence-corrected chi connectivity index (χ2v) is 5.88. The van der Waals surface area contributed by atoms with Crippen molar-refractivity contribution < 1.29 is 24.5 Å². The smallest absolute Gasteiger partial charge is 0.431 e. The van der Waals surface area contributed by atoms with Crippen LogP contribution in [0.3, 0.4) is 0 Å². The molecule has 0 aromatic carbocycles. The maximum atomic E-state index is 11.6. The first-order valence-electron chi connectivity index (χ1n) is 7.06. The molecule has 0 radical (unpaired) electrons. The highest BCUT2D eigenvalue weighted by Gasteiger charge is 2.33. The van der Waals surface area contributed by atoms with Crippen LogP contribution in [0.5, 0.6) is 0 Å². The second-order valence-electron chi connectivity index (χ2n) is 5.88. The summed E-state index contributed by atoms with van der Waals surface area (Å²) in [6.07, 6.45) is 1.19.